The normalized spacial score (nSPS) is 22.8. The van der Waals surface area contributed by atoms with Crippen LogP contribution in [0.5, 0.6) is 0 Å². The van der Waals surface area contributed by atoms with Crippen molar-refractivity contribution in [1.29, 1.82) is 0 Å². The Kier molecular flexibility index (Phi) is 4.55. The van der Waals surface area contributed by atoms with Gasteiger partial charge in [-0.15, -0.1) is 6.58 Å². The Hall–Kier alpha value is -0.410. The second kappa shape index (κ2) is 5.47. The van der Waals surface area contributed by atoms with Gasteiger partial charge in [0, 0.05) is 25.0 Å². The molecule has 0 aromatic carbocycles. The molecule has 2 unspecified atom stereocenters. The fourth-order valence-corrected chi connectivity index (χ4v) is 2.10. The minimum atomic E-state index is -0.237. The molecule has 0 aromatic heterocycles. The zero-order valence-electron chi connectivity index (χ0n) is 8.82. The first kappa shape index (κ1) is 11.7. The average molecular weight is 201 g/mol. The number of aliphatic hydroxyl groups is 1. The summed E-state index contributed by atoms with van der Waals surface area (Å²) in [6.07, 6.45) is 2.87. The molecule has 1 aliphatic heterocycles. The molecule has 0 amide bonds. The minimum Gasteiger partial charge on any atom is -0.395 e. The SMILES string of the molecule is C=CC(CC)C(CO)N1CC(CF)C1. The Balaban J connectivity index is 2.43. The van der Waals surface area contributed by atoms with E-state index in [0.29, 0.717) is 5.92 Å². The van der Waals surface area contributed by atoms with E-state index in [1.807, 2.05) is 6.08 Å². The third kappa shape index (κ3) is 2.34. The van der Waals surface area contributed by atoms with Crippen LogP contribution in [0.2, 0.25) is 0 Å². The van der Waals surface area contributed by atoms with Crippen LogP contribution < -0.4 is 0 Å². The minimum absolute atomic E-state index is 0.139. The third-order valence-electron chi connectivity index (χ3n) is 3.13. The highest BCUT2D eigenvalue weighted by Gasteiger charge is 2.34. The number of rotatable bonds is 6. The summed E-state index contributed by atoms with van der Waals surface area (Å²) < 4.78 is 12.2. The summed E-state index contributed by atoms with van der Waals surface area (Å²) in [5.41, 5.74) is 0. The predicted molar refractivity (Wildman–Crippen MR) is 55.9 cm³/mol. The van der Waals surface area contributed by atoms with Gasteiger partial charge in [-0.3, -0.25) is 9.29 Å². The monoisotopic (exact) mass is 201 g/mol. The van der Waals surface area contributed by atoms with Crippen LogP contribution in [0.4, 0.5) is 4.39 Å². The summed E-state index contributed by atoms with van der Waals surface area (Å²) in [7, 11) is 0. The van der Waals surface area contributed by atoms with Crippen molar-refractivity contribution in [2.45, 2.75) is 19.4 Å². The van der Waals surface area contributed by atoms with Gasteiger partial charge in [0.15, 0.2) is 0 Å². The number of halogens is 1. The van der Waals surface area contributed by atoms with Crippen LogP contribution in [0.3, 0.4) is 0 Å². The van der Waals surface area contributed by atoms with Gasteiger partial charge in [0.25, 0.3) is 0 Å². The van der Waals surface area contributed by atoms with Gasteiger partial charge in [0.2, 0.25) is 0 Å². The summed E-state index contributed by atoms with van der Waals surface area (Å²) in [4.78, 5) is 2.15. The molecule has 2 nitrogen and oxygen atoms in total. The van der Waals surface area contributed by atoms with Crippen LogP contribution >= 0.6 is 0 Å². The summed E-state index contributed by atoms with van der Waals surface area (Å²) in [6, 6.07) is 0.139. The third-order valence-corrected chi connectivity index (χ3v) is 3.13. The summed E-state index contributed by atoms with van der Waals surface area (Å²) in [5.74, 6) is 0.506. The molecular weight excluding hydrogens is 181 g/mol. The van der Waals surface area contributed by atoms with Gasteiger partial charge in [0.05, 0.1) is 13.3 Å². The van der Waals surface area contributed by atoms with E-state index in [-0.39, 0.29) is 25.2 Å². The molecule has 3 heteroatoms. The highest BCUT2D eigenvalue weighted by Crippen LogP contribution is 2.24. The van der Waals surface area contributed by atoms with E-state index in [4.69, 9.17) is 0 Å². The summed E-state index contributed by atoms with van der Waals surface area (Å²) in [5, 5.41) is 9.27. The number of aliphatic hydroxyl groups excluding tert-OH is 1. The molecule has 1 rings (SSSR count). The molecule has 1 saturated heterocycles. The van der Waals surface area contributed by atoms with Gasteiger partial charge in [-0.1, -0.05) is 13.0 Å². The first-order valence-electron chi connectivity index (χ1n) is 5.30. The van der Waals surface area contributed by atoms with Gasteiger partial charge in [0.1, 0.15) is 0 Å². The van der Waals surface area contributed by atoms with Crippen LogP contribution in [-0.4, -0.2) is 42.4 Å². The van der Waals surface area contributed by atoms with Gasteiger partial charge < -0.3 is 5.11 Å². The summed E-state index contributed by atoms with van der Waals surface area (Å²) >= 11 is 0. The lowest BCUT2D eigenvalue weighted by atomic mass is 9.90. The molecule has 0 radical (unpaired) electrons. The first-order chi connectivity index (χ1) is 6.76. The number of likely N-dealkylation sites (tertiary alicyclic amines) is 1. The average Bonchev–Trinajstić information content (AvgIpc) is 2.15. The van der Waals surface area contributed by atoms with E-state index < -0.39 is 0 Å². The van der Waals surface area contributed by atoms with Crippen molar-refractivity contribution < 1.29 is 9.50 Å². The molecule has 0 aromatic rings. The Morgan fingerprint density at radius 2 is 2.29 bits per heavy atom. The highest BCUT2D eigenvalue weighted by atomic mass is 19.1. The van der Waals surface area contributed by atoms with Crippen molar-refractivity contribution in [2.24, 2.45) is 11.8 Å². The van der Waals surface area contributed by atoms with Crippen molar-refractivity contribution in [2.75, 3.05) is 26.4 Å². The van der Waals surface area contributed by atoms with Crippen LogP contribution in [0, 0.1) is 11.8 Å². The lowest BCUT2D eigenvalue weighted by Gasteiger charge is -2.45. The van der Waals surface area contributed by atoms with Gasteiger partial charge in [-0.25, -0.2) is 0 Å². The lowest BCUT2D eigenvalue weighted by molar-refractivity contribution is -0.00346. The fourth-order valence-electron chi connectivity index (χ4n) is 2.10. The van der Waals surface area contributed by atoms with E-state index in [1.165, 1.54) is 0 Å². The van der Waals surface area contributed by atoms with Crippen molar-refractivity contribution >= 4 is 0 Å². The van der Waals surface area contributed by atoms with E-state index in [1.54, 1.807) is 0 Å². The maximum Gasteiger partial charge on any atom is 0.0947 e. The van der Waals surface area contributed by atoms with E-state index in [9.17, 15) is 9.50 Å². The molecule has 0 aliphatic carbocycles. The Morgan fingerprint density at radius 3 is 2.64 bits per heavy atom. The standard InChI is InChI=1S/C11H20FNO/c1-3-10(4-2)11(8-14)13-6-9(5-12)7-13/h3,9-11,14H,1,4-8H2,2H3. The molecule has 0 bridgehead atoms. The van der Waals surface area contributed by atoms with Gasteiger partial charge >= 0.3 is 0 Å². The Labute approximate surface area is 85.4 Å². The fraction of sp³-hybridized carbons (Fsp3) is 0.818. The Bertz CT molecular complexity index is 180. The number of hydrogen-bond acceptors (Lipinski definition) is 2. The van der Waals surface area contributed by atoms with Crippen LogP contribution in [0.1, 0.15) is 13.3 Å². The molecule has 0 spiro atoms. The van der Waals surface area contributed by atoms with E-state index >= 15 is 0 Å². The smallest absolute Gasteiger partial charge is 0.0947 e. The van der Waals surface area contributed by atoms with E-state index in [0.717, 1.165) is 19.5 Å². The molecular formula is C11H20FNO. The van der Waals surface area contributed by atoms with Crippen molar-refractivity contribution in [1.82, 2.24) is 4.90 Å². The maximum atomic E-state index is 12.2. The number of alkyl halides is 1. The zero-order valence-corrected chi connectivity index (χ0v) is 8.82. The predicted octanol–water partition coefficient (Wildman–Crippen LogP) is 1.46. The number of hydrogen-bond donors (Lipinski definition) is 1. The zero-order chi connectivity index (χ0) is 10.6. The Morgan fingerprint density at radius 1 is 1.64 bits per heavy atom. The summed E-state index contributed by atoms with van der Waals surface area (Å²) in [6.45, 7) is 7.33. The second-order valence-electron chi connectivity index (χ2n) is 4.03. The van der Waals surface area contributed by atoms with Crippen molar-refractivity contribution in [3.8, 4) is 0 Å². The van der Waals surface area contributed by atoms with Gasteiger partial charge in [-0.2, -0.15) is 0 Å². The molecule has 1 heterocycles. The van der Waals surface area contributed by atoms with Crippen LogP contribution in [0.15, 0.2) is 12.7 Å². The van der Waals surface area contributed by atoms with Gasteiger partial charge in [-0.05, 0) is 12.3 Å². The quantitative estimate of drug-likeness (QED) is 0.658. The van der Waals surface area contributed by atoms with Crippen LogP contribution in [0.25, 0.3) is 0 Å². The molecule has 14 heavy (non-hydrogen) atoms. The number of nitrogens with zero attached hydrogens (tertiary/aromatic N) is 1. The molecule has 0 saturated carbocycles. The molecule has 1 N–H and O–H groups in total. The second-order valence-corrected chi connectivity index (χ2v) is 4.03. The largest absolute Gasteiger partial charge is 0.395 e. The first-order valence-corrected chi connectivity index (χ1v) is 5.30. The molecule has 1 fully saturated rings. The van der Waals surface area contributed by atoms with E-state index in [2.05, 4.69) is 18.4 Å². The lowest BCUT2D eigenvalue weighted by Crippen LogP contribution is -2.56. The molecule has 1 aliphatic rings. The molecule has 2 atom stereocenters. The van der Waals surface area contributed by atoms with Crippen molar-refractivity contribution in [3.05, 3.63) is 12.7 Å². The maximum absolute atomic E-state index is 12.2. The topological polar surface area (TPSA) is 23.5 Å². The van der Waals surface area contributed by atoms with Crippen LogP contribution in [-0.2, 0) is 0 Å². The van der Waals surface area contributed by atoms with Crippen molar-refractivity contribution in [3.63, 3.8) is 0 Å². The highest BCUT2D eigenvalue weighted by molar-refractivity contribution is 4.94. The molecule has 82 valence electrons.